The molecule has 0 aliphatic rings. The van der Waals surface area contributed by atoms with Gasteiger partial charge in [0.1, 0.15) is 6.26 Å². The Balaban J connectivity index is 2.71. The topological polar surface area (TPSA) is 61.7 Å². The number of carbonyl (C=O) groups is 1. The minimum atomic E-state index is -1.21. The fourth-order valence-electron chi connectivity index (χ4n) is 1.12. The fraction of sp³-hybridized carbons (Fsp3) is 0.333. The molecule has 0 aliphatic carbocycles. The number of nitrogens with zero attached hydrogens (tertiary/aromatic N) is 1. The average Bonchev–Trinajstić information content (AvgIpc) is 2.26. The number of ether oxygens (including phenoxy) is 1. The molecule has 4 nitrogen and oxygen atoms in total. The van der Waals surface area contributed by atoms with Gasteiger partial charge in [-0.3, -0.25) is 0 Å². The van der Waals surface area contributed by atoms with Gasteiger partial charge in [-0.1, -0.05) is 16.5 Å². The normalized spacial score (nSPS) is 13.0. The highest BCUT2D eigenvalue weighted by molar-refractivity contribution is 7.89. The molecule has 1 aromatic carbocycles. The Hall–Kier alpha value is -1.33. The molecule has 5 heteroatoms. The van der Waals surface area contributed by atoms with Gasteiger partial charge in [-0.2, -0.15) is 0 Å². The van der Waals surface area contributed by atoms with Crippen molar-refractivity contribution in [3.05, 3.63) is 35.4 Å². The van der Waals surface area contributed by atoms with E-state index in [4.69, 9.17) is 4.74 Å². The molecule has 0 bridgehead atoms. The molecule has 0 saturated heterocycles. The van der Waals surface area contributed by atoms with E-state index < -0.39 is 11.4 Å². The molecule has 0 spiro atoms. The van der Waals surface area contributed by atoms with Crippen molar-refractivity contribution < 1.29 is 14.1 Å². The Labute approximate surface area is 104 Å². The second kappa shape index (κ2) is 6.42. The Morgan fingerprint density at radius 2 is 2.00 bits per heavy atom. The third-order valence-electron chi connectivity index (χ3n) is 1.84. The van der Waals surface area contributed by atoms with E-state index in [9.17, 15) is 9.35 Å². The SMILES string of the molecule is CC(C)OC(=O)c1ccc(/C=N/[S+](C)[O-])cc1. The van der Waals surface area contributed by atoms with Crippen LogP contribution in [-0.4, -0.2) is 29.1 Å². The van der Waals surface area contributed by atoms with Crippen LogP contribution >= 0.6 is 0 Å². The predicted molar refractivity (Wildman–Crippen MR) is 68.7 cm³/mol. The zero-order valence-electron chi connectivity index (χ0n) is 10.0. The minimum absolute atomic E-state index is 0.133. The van der Waals surface area contributed by atoms with Gasteiger partial charge in [-0.05, 0) is 31.5 Å². The summed E-state index contributed by atoms with van der Waals surface area (Å²) in [5.74, 6) is -0.345. The summed E-state index contributed by atoms with van der Waals surface area (Å²) in [4.78, 5) is 11.5. The van der Waals surface area contributed by atoms with Crippen LogP contribution in [0.2, 0.25) is 0 Å². The highest BCUT2D eigenvalue weighted by Crippen LogP contribution is 2.06. The van der Waals surface area contributed by atoms with Crippen LogP contribution in [0.5, 0.6) is 0 Å². The molecule has 0 fully saturated rings. The van der Waals surface area contributed by atoms with Gasteiger partial charge < -0.3 is 9.29 Å². The van der Waals surface area contributed by atoms with Crippen LogP contribution in [0, 0.1) is 0 Å². The Morgan fingerprint density at radius 1 is 1.41 bits per heavy atom. The highest BCUT2D eigenvalue weighted by Gasteiger charge is 2.08. The number of benzene rings is 1. The summed E-state index contributed by atoms with van der Waals surface area (Å²) in [6, 6.07) is 6.77. The van der Waals surface area contributed by atoms with Crippen molar-refractivity contribution in [2.24, 2.45) is 4.40 Å². The predicted octanol–water partition coefficient (Wildman–Crippen LogP) is 1.96. The lowest BCUT2D eigenvalue weighted by atomic mass is 10.1. The van der Waals surface area contributed by atoms with Crippen LogP contribution in [-0.2, 0) is 16.1 Å². The Morgan fingerprint density at radius 3 is 2.47 bits per heavy atom. The lowest BCUT2D eigenvalue weighted by Crippen LogP contribution is -2.11. The van der Waals surface area contributed by atoms with Gasteiger partial charge in [0.15, 0.2) is 0 Å². The summed E-state index contributed by atoms with van der Waals surface area (Å²) in [7, 11) is 0. The quantitative estimate of drug-likeness (QED) is 0.468. The van der Waals surface area contributed by atoms with E-state index in [0.717, 1.165) is 5.56 Å². The smallest absolute Gasteiger partial charge is 0.338 e. The van der Waals surface area contributed by atoms with Gasteiger partial charge in [-0.25, -0.2) is 4.79 Å². The van der Waals surface area contributed by atoms with Crippen LogP contribution < -0.4 is 0 Å². The Bertz CT molecular complexity index is 399. The summed E-state index contributed by atoms with van der Waals surface area (Å²) >= 11 is -1.21. The summed E-state index contributed by atoms with van der Waals surface area (Å²) in [5, 5.41) is 0. The summed E-state index contributed by atoms with van der Waals surface area (Å²) in [5.41, 5.74) is 1.29. The lowest BCUT2D eigenvalue weighted by molar-refractivity contribution is 0.0378. The van der Waals surface area contributed by atoms with Crippen molar-refractivity contribution in [2.45, 2.75) is 20.0 Å². The maximum absolute atomic E-state index is 11.5. The Kier molecular flexibility index (Phi) is 5.18. The molecule has 0 saturated carbocycles. The third-order valence-corrected chi connectivity index (χ3v) is 2.24. The molecular formula is C12H15NO3S. The lowest BCUT2D eigenvalue weighted by Gasteiger charge is -2.07. The molecule has 1 atom stereocenters. The summed E-state index contributed by atoms with van der Waals surface area (Å²) in [6.45, 7) is 3.60. The van der Waals surface area contributed by atoms with E-state index >= 15 is 0 Å². The zero-order chi connectivity index (χ0) is 12.8. The first kappa shape index (κ1) is 13.7. The molecule has 1 aromatic rings. The number of hydrogen-bond donors (Lipinski definition) is 0. The molecule has 17 heavy (non-hydrogen) atoms. The first-order chi connectivity index (χ1) is 7.99. The number of carbonyl (C=O) groups excluding carboxylic acids is 1. The van der Waals surface area contributed by atoms with Crippen molar-refractivity contribution in [3.8, 4) is 0 Å². The first-order valence-electron chi connectivity index (χ1n) is 5.17. The second-order valence-corrected chi connectivity index (χ2v) is 4.79. The molecule has 0 aliphatic heterocycles. The van der Waals surface area contributed by atoms with Gasteiger partial charge in [0.05, 0.1) is 29.2 Å². The van der Waals surface area contributed by atoms with Crippen LogP contribution in [0.25, 0.3) is 0 Å². The second-order valence-electron chi connectivity index (χ2n) is 3.73. The van der Waals surface area contributed by atoms with E-state index in [1.165, 1.54) is 12.5 Å². The number of hydrogen-bond acceptors (Lipinski definition) is 4. The van der Waals surface area contributed by atoms with Gasteiger partial charge in [0.25, 0.3) is 0 Å². The molecule has 92 valence electrons. The molecule has 0 N–H and O–H groups in total. The van der Waals surface area contributed by atoms with E-state index in [0.29, 0.717) is 5.56 Å². The zero-order valence-corrected chi connectivity index (χ0v) is 10.9. The van der Waals surface area contributed by atoms with Crippen molar-refractivity contribution in [2.75, 3.05) is 6.26 Å². The van der Waals surface area contributed by atoms with Crippen LogP contribution in [0.15, 0.2) is 28.7 Å². The van der Waals surface area contributed by atoms with Gasteiger partial charge in [-0.15, -0.1) is 0 Å². The third kappa shape index (κ3) is 5.01. The van der Waals surface area contributed by atoms with Crippen molar-refractivity contribution >= 4 is 23.5 Å². The van der Waals surface area contributed by atoms with Crippen LogP contribution in [0.4, 0.5) is 0 Å². The van der Waals surface area contributed by atoms with Crippen molar-refractivity contribution in [1.82, 2.24) is 0 Å². The van der Waals surface area contributed by atoms with Gasteiger partial charge in [0.2, 0.25) is 0 Å². The molecule has 0 aromatic heterocycles. The van der Waals surface area contributed by atoms with E-state index in [-0.39, 0.29) is 12.1 Å². The monoisotopic (exact) mass is 253 g/mol. The van der Waals surface area contributed by atoms with E-state index in [2.05, 4.69) is 4.40 Å². The molecule has 0 heterocycles. The number of rotatable bonds is 4. The molecular weight excluding hydrogens is 238 g/mol. The largest absolute Gasteiger partial charge is 0.592 e. The van der Waals surface area contributed by atoms with Crippen LogP contribution in [0.1, 0.15) is 29.8 Å². The van der Waals surface area contributed by atoms with Gasteiger partial charge in [0, 0.05) is 0 Å². The first-order valence-corrected chi connectivity index (χ1v) is 6.69. The van der Waals surface area contributed by atoms with E-state index in [1.54, 1.807) is 38.1 Å². The van der Waals surface area contributed by atoms with Gasteiger partial charge >= 0.3 is 5.97 Å². The van der Waals surface area contributed by atoms with Crippen LogP contribution in [0.3, 0.4) is 0 Å². The summed E-state index contributed by atoms with van der Waals surface area (Å²) in [6.07, 6.45) is 2.87. The maximum atomic E-state index is 11.5. The molecule has 1 unspecified atom stereocenters. The minimum Gasteiger partial charge on any atom is -0.592 e. The average molecular weight is 253 g/mol. The standard InChI is InChI=1S/C12H15NO3S/c1-9(2)16-12(14)11-6-4-10(5-7-11)8-13-17(3)15/h4-9H,1-3H3/b13-8+. The van der Waals surface area contributed by atoms with Crippen molar-refractivity contribution in [3.63, 3.8) is 0 Å². The molecule has 1 rings (SSSR count). The summed E-state index contributed by atoms with van der Waals surface area (Å²) < 4.78 is 19.6. The maximum Gasteiger partial charge on any atom is 0.338 e. The van der Waals surface area contributed by atoms with Crippen molar-refractivity contribution in [1.29, 1.82) is 0 Å². The highest BCUT2D eigenvalue weighted by atomic mass is 32.2. The van der Waals surface area contributed by atoms with E-state index in [1.807, 2.05) is 0 Å². The molecule has 0 radical (unpaired) electrons. The number of esters is 1. The molecule has 0 amide bonds. The fourth-order valence-corrected chi connectivity index (χ4v) is 1.39.